The zero-order chi connectivity index (χ0) is 16.9. The summed E-state index contributed by atoms with van der Waals surface area (Å²) in [4.78, 5) is 18.6. The van der Waals surface area contributed by atoms with Crippen LogP contribution >= 0.6 is 11.6 Å². The minimum Gasteiger partial charge on any atom is -0.368 e. The standard InChI is InChI=1S/C19H22ClN3O/c1-21(15-16-6-3-2-4-7-16)19(24)23-12-10-22(11-13-23)18-9-5-8-17(20)14-18/h2-9,14H,10-13,15H2,1H3. The Morgan fingerprint density at radius 3 is 2.42 bits per heavy atom. The fourth-order valence-corrected chi connectivity index (χ4v) is 3.18. The highest BCUT2D eigenvalue weighted by molar-refractivity contribution is 6.30. The predicted molar refractivity (Wildman–Crippen MR) is 98.5 cm³/mol. The summed E-state index contributed by atoms with van der Waals surface area (Å²) in [6.45, 7) is 3.74. The minimum atomic E-state index is 0.0876. The minimum absolute atomic E-state index is 0.0876. The van der Waals surface area contributed by atoms with Crippen LogP contribution in [0, 0.1) is 0 Å². The average molecular weight is 344 g/mol. The van der Waals surface area contributed by atoms with Crippen molar-refractivity contribution in [3.63, 3.8) is 0 Å². The first-order valence-electron chi connectivity index (χ1n) is 8.18. The van der Waals surface area contributed by atoms with Gasteiger partial charge in [0, 0.05) is 50.5 Å². The summed E-state index contributed by atoms with van der Waals surface area (Å²) in [5.74, 6) is 0. The molecule has 4 nitrogen and oxygen atoms in total. The summed E-state index contributed by atoms with van der Waals surface area (Å²) in [5.41, 5.74) is 2.26. The molecule has 126 valence electrons. The molecule has 24 heavy (non-hydrogen) atoms. The second kappa shape index (κ2) is 7.58. The number of piperazine rings is 1. The van der Waals surface area contributed by atoms with Gasteiger partial charge in [-0.1, -0.05) is 48.0 Å². The number of anilines is 1. The maximum atomic E-state index is 12.6. The first-order valence-corrected chi connectivity index (χ1v) is 8.56. The molecule has 0 aromatic heterocycles. The quantitative estimate of drug-likeness (QED) is 0.849. The number of urea groups is 1. The van der Waals surface area contributed by atoms with Crippen molar-refractivity contribution in [1.29, 1.82) is 0 Å². The Morgan fingerprint density at radius 2 is 1.75 bits per heavy atom. The molecule has 0 unspecified atom stereocenters. The molecule has 0 N–H and O–H groups in total. The highest BCUT2D eigenvalue weighted by Gasteiger charge is 2.23. The van der Waals surface area contributed by atoms with Gasteiger partial charge in [-0.2, -0.15) is 0 Å². The van der Waals surface area contributed by atoms with Gasteiger partial charge < -0.3 is 14.7 Å². The maximum Gasteiger partial charge on any atom is 0.320 e. The molecular weight excluding hydrogens is 322 g/mol. The molecule has 2 aromatic carbocycles. The summed E-state index contributed by atoms with van der Waals surface area (Å²) in [6.07, 6.45) is 0. The van der Waals surface area contributed by atoms with Crippen molar-refractivity contribution in [2.75, 3.05) is 38.1 Å². The van der Waals surface area contributed by atoms with Crippen LogP contribution in [0.5, 0.6) is 0 Å². The van der Waals surface area contributed by atoms with Gasteiger partial charge in [-0.15, -0.1) is 0 Å². The van der Waals surface area contributed by atoms with Crippen molar-refractivity contribution in [1.82, 2.24) is 9.80 Å². The molecule has 1 heterocycles. The topological polar surface area (TPSA) is 26.8 Å². The molecule has 1 fully saturated rings. The Hall–Kier alpha value is -2.20. The molecule has 1 saturated heterocycles. The van der Waals surface area contributed by atoms with Gasteiger partial charge >= 0.3 is 6.03 Å². The van der Waals surface area contributed by atoms with Crippen LogP contribution in [0.25, 0.3) is 0 Å². The van der Waals surface area contributed by atoms with Gasteiger partial charge in [0.15, 0.2) is 0 Å². The first kappa shape index (κ1) is 16.7. The van der Waals surface area contributed by atoms with E-state index in [0.29, 0.717) is 6.54 Å². The van der Waals surface area contributed by atoms with E-state index in [1.807, 2.05) is 60.5 Å². The molecule has 1 aliphatic rings. The van der Waals surface area contributed by atoms with Crippen molar-refractivity contribution in [3.05, 3.63) is 65.2 Å². The van der Waals surface area contributed by atoms with E-state index in [1.165, 1.54) is 0 Å². The SMILES string of the molecule is CN(Cc1ccccc1)C(=O)N1CCN(c2cccc(Cl)c2)CC1. The van der Waals surface area contributed by atoms with E-state index >= 15 is 0 Å². The monoisotopic (exact) mass is 343 g/mol. The number of amides is 2. The molecule has 0 bridgehead atoms. The molecule has 0 radical (unpaired) electrons. The number of carbonyl (C=O) groups excluding carboxylic acids is 1. The van der Waals surface area contributed by atoms with Crippen molar-refractivity contribution >= 4 is 23.3 Å². The molecule has 2 aromatic rings. The lowest BCUT2D eigenvalue weighted by Crippen LogP contribution is -2.52. The Kier molecular flexibility index (Phi) is 5.26. The van der Waals surface area contributed by atoms with E-state index in [-0.39, 0.29) is 6.03 Å². The molecule has 5 heteroatoms. The third-order valence-corrected chi connectivity index (χ3v) is 4.55. The van der Waals surface area contributed by atoms with E-state index in [1.54, 1.807) is 4.90 Å². The second-order valence-corrected chi connectivity index (χ2v) is 6.51. The van der Waals surface area contributed by atoms with Crippen LogP contribution in [-0.4, -0.2) is 49.1 Å². The predicted octanol–water partition coefficient (Wildman–Crippen LogP) is 3.71. The van der Waals surface area contributed by atoms with E-state index in [0.717, 1.165) is 42.5 Å². The van der Waals surface area contributed by atoms with Crippen molar-refractivity contribution in [2.24, 2.45) is 0 Å². The van der Waals surface area contributed by atoms with Gasteiger partial charge in [-0.3, -0.25) is 0 Å². The van der Waals surface area contributed by atoms with E-state index in [4.69, 9.17) is 11.6 Å². The Labute approximate surface area is 148 Å². The molecule has 0 aliphatic carbocycles. The van der Waals surface area contributed by atoms with Crippen LogP contribution in [0.1, 0.15) is 5.56 Å². The number of nitrogens with zero attached hydrogens (tertiary/aromatic N) is 3. The summed E-state index contributed by atoms with van der Waals surface area (Å²) < 4.78 is 0. The Balaban J connectivity index is 1.55. The van der Waals surface area contributed by atoms with Crippen LogP contribution in [0.15, 0.2) is 54.6 Å². The number of benzene rings is 2. The fourth-order valence-electron chi connectivity index (χ4n) is 3.00. The fraction of sp³-hybridized carbons (Fsp3) is 0.316. The molecule has 2 amide bonds. The Bertz CT molecular complexity index is 684. The van der Waals surface area contributed by atoms with E-state index < -0.39 is 0 Å². The van der Waals surface area contributed by atoms with Crippen LogP contribution in [0.3, 0.4) is 0 Å². The van der Waals surface area contributed by atoms with Gasteiger partial charge in [0.25, 0.3) is 0 Å². The van der Waals surface area contributed by atoms with Gasteiger partial charge in [0.1, 0.15) is 0 Å². The van der Waals surface area contributed by atoms with Crippen LogP contribution in [0.2, 0.25) is 5.02 Å². The lowest BCUT2D eigenvalue weighted by molar-refractivity contribution is 0.157. The van der Waals surface area contributed by atoms with Crippen molar-refractivity contribution in [3.8, 4) is 0 Å². The largest absolute Gasteiger partial charge is 0.368 e. The van der Waals surface area contributed by atoms with Crippen LogP contribution in [0.4, 0.5) is 10.5 Å². The third kappa shape index (κ3) is 4.01. The third-order valence-electron chi connectivity index (χ3n) is 4.31. The maximum absolute atomic E-state index is 12.6. The number of halogens is 1. The normalized spacial score (nSPS) is 14.6. The van der Waals surface area contributed by atoms with Crippen molar-refractivity contribution < 1.29 is 4.79 Å². The summed E-state index contributed by atoms with van der Waals surface area (Å²) in [7, 11) is 1.86. The number of hydrogen-bond acceptors (Lipinski definition) is 2. The second-order valence-electron chi connectivity index (χ2n) is 6.08. The highest BCUT2D eigenvalue weighted by atomic mass is 35.5. The van der Waals surface area contributed by atoms with Gasteiger partial charge in [-0.05, 0) is 23.8 Å². The zero-order valence-electron chi connectivity index (χ0n) is 13.9. The number of hydrogen-bond donors (Lipinski definition) is 0. The lowest BCUT2D eigenvalue weighted by atomic mass is 10.2. The van der Waals surface area contributed by atoms with Crippen LogP contribution in [-0.2, 0) is 6.54 Å². The smallest absolute Gasteiger partial charge is 0.320 e. The molecule has 0 spiro atoms. The molecule has 1 aliphatic heterocycles. The molecule has 3 rings (SSSR count). The number of rotatable bonds is 3. The average Bonchev–Trinajstić information content (AvgIpc) is 2.62. The lowest BCUT2D eigenvalue weighted by Gasteiger charge is -2.37. The van der Waals surface area contributed by atoms with Crippen molar-refractivity contribution in [2.45, 2.75) is 6.54 Å². The molecular formula is C19H22ClN3O. The summed E-state index contributed by atoms with van der Waals surface area (Å²) >= 11 is 6.06. The number of carbonyl (C=O) groups is 1. The van der Waals surface area contributed by atoms with Gasteiger partial charge in [-0.25, -0.2) is 4.79 Å². The summed E-state index contributed by atoms with van der Waals surface area (Å²) in [5, 5.41) is 0.744. The first-order chi connectivity index (χ1) is 11.6. The zero-order valence-corrected chi connectivity index (χ0v) is 14.6. The summed E-state index contributed by atoms with van der Waals surface area (Å²) in [6, 6.07) is 18.0. The van der Waals surface area contributed by atoms with E-state index in [2.05, 4.69) is 11.0 Å². The molecule has 0 saturated carbocycles. The molecule has 0 atom stereocenters. The highest BCUT2D eigenvalue weighted by Crippen LogP contribution is 2.21. The van der Waals surface area contributed by atoms with Gasteiger partial charge in [0.05, 0.1) is 0 Å². The van der Waals surface area contributed by atoms with Gasteiger partial charge in [0.2, 0.25) is 0 Å². The Morgan fingerprint density at radius 1 is 1.04 bits per heavy atom. The van der Waals surface area contributed by atoms with E-state index in [9.17, 15) is 4.79 Å². The van der Waals surface area contributed by atoms with Crippen LogP contribution < -0.4 is 4.90 Å².